The molecule has 0 bridgehead atoms. The summed E-state index contributed by atoms with van der Waals surface area (Å²) in [7, 11) is 2.18. The summed E-state index contributed by atoms with van der Waals surface area (Å²) < 4.78 is 8.25. The monoisotopic (exact) mass is 514 g/mol. The lowest BCUT2D eigenvalue weighted by Crippen LogP contribution is -2.42. The van der Waals surface area contributed by atoms with Gasteiger partial charge in [0.25, 0.3) is 0 Å². The number of anilines is 1. The van der Waals surface area contributed by atoms with Gasteiger partial charge in [-0.15, -0.1) is 11.3 Å². The Hall–Kier alpha value is -3.29. The fourth-order valence-electron chi connectivity index (χ4n) is 7.02. The molecule has 1 fully saturated rings. The number of nitriles is 1. The van der Waals surface area contributed by atoms with Gasteiger partial charge in [0.15, 0.2) is 22.9 Å². The lowest BCUT2D eigenvalue weighted by molar-refractivity contribution is 0.133. The second-order valence-electron chi connectivity index (χ2n) is 10.9. The van der Waals surface area contributed by atoms with E-state index in [1.54, 1.807) is 11.3 Å². The predicted octanol–water partition coefficient (Wildman–Crippen LogP) is 4.61. The Bertz CT molecular complexity index is 1560. The van der Waals surface area contributed by atoms with Gasteiger partial charge in [-0.2, -0.15) is 10.4 Å². The van der Waals surface area contributed by atoms with Crippen LogP contribution in [0.2, 0.25) is 0 Å². The average Bonchev–Trinajstić information content (AvgIpc) is 3.61. The molecule has 0 amide bonds. The molecule has 9 nitrogen and oxygen atoms in total. The van der Waals surface area contributed by atoms with Crippen molar-refractivity contribution >= 4 is 27.4 Å². The second-order valence-corrected chi connectivity index (χ2v) is 12.0. The van der Waals surface area contributed by atoms with Crippen LogP contribution in [-0.2, 0) is 18.3 Å². The number of piperidine rings is 1. The number of aryl methyl sites for hydroxylation is 1. The van der Waals surface area contributed by atoms with Crippen molar-refractivity contribution in [2.45, 2.75) is 75.8 Å². The summed E-state index contributed by atoms with van der Waals surface area (Å²) in [6.45, 7) is 3.37. The van der Waals surface area contributed by atoms with Crippen molar-refractivity contribution in [2.75, 3.05) is 19.3 Å². The fraction of sp³-hybridized carbons (Fsp3) is 0.519. The van der Waals surface area contributed by atoms with Crippen LogP contribution in [0.5, 0.6) is 0 Å². The smallest absolute Gasteiger partial charge is 0.184 e. The molecule has 3 atom stereocenters. The number of fused-ring (bicyclic) bond motifs is 5. The highest BCUT2D eigenvalue weighted by atomic mass is 32.1. The summed E-state index contributed by atoms with van der Waals surface area (Å²) >= 11 is 1.56. The van der Waals surface area contributed by atoms with Crippen molar-refractivity contribution in [2.24, 2.45) is 0 Å². The lowest BCUT2D eigenvalue weighted by Gasteiger charge is -2.39. The Labute approximate surface area is 219 Å². The van der Waals surface area contributed by atoms with E-state index in [0.29, 0.717) is 28.1 Å². The van der Waals surface area contributed by atoms with E-state index >= 15 is 0 Å². The number of likely N-dealkylation sites (N-methyl/N-ethyl adjacent to an activating group) is 1. The molecule has 1 aliphatic heterocycles. The molecule has 5 heterocycles. The van der Waals surface area contributed by atoms with E-state index in [4.69, 9.17) is 25.3 Å². The predicted molar refractivity (Wildman–Crippen MR) is 141 cm³/mol. The number of nitrogens with two attached hydrogens (primary N) is 1. The highest BCUT2D eigenvalue weighted by Gasteiger charge is 2.48. The van der Waals surface area contributed by atoms with E-state index in [9.17, 15) is 5.26 Å². The molecule has 0 unspecified atom stereocenters. The van der Waals surface area contributed by atoms with Gasteiger partial charge < -0.3 is 15.2 Å². The van der Waals surface area contributed by atoms with Gasteiger partial charge in [0.2, 0.25) is 0 Å². The molecule has 4 aromatic rings. The third-order valence-electron chi connectivity index (χ3n) is 8.98. The first-order chi connectivity index (χ1) is 18.0. The van der Waals surface area contributed by atoms with Crippen LogP contribution in [0.4, 0.5) is 5.00 Å². The van der Waals surface area contributed by atoms with E-state index in [1.165, 1.54) is 4.88 Å². The minimum atomic E-state index is -0.348. The molecule has 0 aromatic carbocycles. The molecule has 1 saturated heterocycles. The number of hydrogen-bond donors (Lipinski definition) is 1. The van der Waals surface area contributed by atoms with Crippen molar-refractivity contribution in [3.8, 4) is 17.6 Å². The highest BCUT2D eigenvalue weighted by Crippen LogP contribution is 2.55. The fourth-order valence-corrected chi connectivity index (χ4v) is 8.19. The van der Waals surface area contributed by atoms with Crippen molar-refractivity contribution in [3.05, 3.63) is 39.7 Å². The maximum absolute atomic E-state index is 9.96. The van der Waals surface area contributed by atoms with Gasteiger partial charge in [-0.3, -0.25) is 0 Å². The molecular weight excluding hydrogens is 484 g/mol. The Balaban J connectivity index is 1.34. The minimum Gasteiger partial charge on any atom is -0.389 e. The zero-order valence-corrected chi connectivity index (χ0v) is 22.0. The van der Waals surface area contributed by atoms with Crippen LogP contribution in [0.1, 0.15) is 78.8 Å². The van der Waals surface area contributed by atoms with Crippen molar-refractivity contribution < 1.29 is 4.52 Å². The van der Waals surface area contributed by atoms with E-state index in [-0.39, 0.29) is 11.5 Å². The van der Waals surface area contributed by atoms with Crippen LogP contribution in [-0.4, -0.2) is 49.4 Å². The van der Waals surface area contributed by atoms with Crippen LogP contribution >= 0.6 is 11.3 Å². The Morgan fingerprint density at radius 1 is 1.22 bits per heavy atom. The number of nitrogen functional groups attached to an aromatic ring is 1. The van der Waals surface area contributed by atoms with Crippen LogP contribution in [0.3, 0.4) is 0 Å². The third kappa shape index (κ3) is 3.23. The van der Waals surface area contributed by atoms with E-state index in [2.05, 4.69) is 34.8 Å². The molecule has 4 aromatic heterocycles. The first-order valence-electron chi connectivity index (χ1n) is 13.2. The molecule has 1 spiro atoms. The molecule has 0 saturated carbocycles. The lowest BCUT2D eigenvalue weighted by atomic mass is 9.63. The normalized spacial score (nSPS) is 25.8. The zero-order chi connectivity index (χ0) is 25.3. The van der Waals surface area contributed by atoms with Crippen LogP contribution < -0.4 is 5.73 Å². The Morgan fingerprint density at radius 3 is 2.89 bits per heavy atom. The van der Waals surface area contributed by atoms with Gasteiger partial charge in [-0.25, -0.2) is 14.6 Å². The topological polar surface area (TPSA) is 123 Å². The maximum Gasteiger partial charge on any atom is 0.184 e. The number of hydrogen-bond acceptors (Lipinski definition) is 9. The molecule has 3 aliphatic rings. The summed E-state index contributed by atoms with van der Waals surface area (Å²) in [6.07, 6.45) is 11.7. The van der Waals surface area contributed by atoms with Gasteiger partial charge in [0, 0.05) is 22.7 Å². The van der Waals surface area contributed by atoms with E-state index in [0.717, 1.165) is 85.8 Å². The zero-order valence-electron chi connectivity index (χ0n) is 21.2. The molecular formula is C27H30N8OS. The maximum atomic E-state index is 9.96. The molecule has 190 valence electrons. The van der Waals surface area contributed by atoms with E-state index < -0.39 is 0 Å². The number of nitrogens with zero attached hydrogens (tertiary/aromatic N) is 7. The van der Waals surface area contributed by atoms with Crippen molar-refractivity contribution in [1.29, 1.82) is 5.26 Å². The van der Waals surface area contributed by atoms with Crippen LogP contribution in [0.25, 0.3) is 22.6 Å². The summed E-state index contributed by atoms with van der Waals surface area (Å²) in [5, 5.41) is 20.8. The Morgan fingerprint density at radius 2 is 2.05 bits per heavy atom. The van der Waals surface area contributed by atoms with Crippen LogP contribution in [0.15, 0.2) is 16.9 Å². The molecule has 37 heavy (non-hydrogen) atoms. The summed E-state index contributed by atoms with van der Waals surface area (Å²) in [4.78, 5) is 13.3. The molecule has 2 aliphatic carbocycles. The van der Waals surface area contributed by atoms with Gasteiger partial charge in [0.05, 0.1) is 28.6 Å². The first-order valence-corrected chi connectivity index (χ1v) is 14.0. The summed E-state index contributed by atoms with van der Waals surface area (Å²) in [6, 6.07) is 3.03. The summed E-state index contributed by atoms with van der Waals surface area (Å²) in [5.74, 6) is 1.46. The quantitative estimate of drug-likeness (QED) is 0.411. The largest absolute Gasteiger partial charge is 0.389 e. The van der Waals surface area contributed by atoms with Gasteiger partial charge in [0.1, 0.15) is 11.1 Å². The van der Waals surface area contributed by atoms with Gasteiger partial charge in [-0.05, 0) is 77.4 Å². The molecule has 2 N–H and O–H groups in total. The number of aromatic nitrogens is 5. The van der Waals surface area contributed by atoms with Crippen molar-refractivity contribution in [3.63, 3.8) is 0 Å². The first kappa shape index (κ1) is 22.9. The number of thiophene rings is 1. The Kier molecular flexibility index (Phi) is 5.17. The van der Waals surface area contributed by atoms with E-state index in [1.807, 2.05) is 12.4 Å². The number of likely N-dealkylation sites (tertiary alicyclic amines) is 1. The standard InChI is InChI=1S/C27H30N8OS/c1-15-19(7-5-11-34(15)2)35-26-16(14-31-35)13-30-25(32-26)22-17-6-3-9-27(23(17)36-33-22)10-4-8-20-21(27)18(12-28)24(29)37-20/h13-15,19H,3-11,29H2,1-2H3/t15-,19-,27+/m1/s1. The van der Waals surface area contributed by atoms with Crippen LogP contribution in [0, 0.1) is 11.3 Å². The number of rotatable bonds is 2. The molecule has 0 radical (unpaired) electrons. The van der Waals surface area contributed by atoms with Gasteiger partial charge >= 0.3 is 0 Å². The minimum absolute atomic E-state index is 0.266. The third-order valence-corrected chi connectivity index (χ3v) is 10.1. The molecule has 7 rings (SSSR count). The van der Waals surface area contributed by atoms with Crippen molar-refractivity contribution in [1.82, 2.24) is 29.8 Å². The highest BCUT2D eigenvalue weighted by molar-refractivity contribution is 7.16. The molecule has 10 heteroatoms. The summed E-state index contributed by atoms with van der Waals surface area (Å²) in [5.41, 5.74) is 10.3. The SMILES string of the molecule is C[C@@H]1[C@H](n2ncc3cnc(-c4noc5c4CCC[C@@]54CCCc5sc(N)c(C#N)c54)nc32)CCCN1C. The van der Waals surface area contributed by atoms with Gasteiger partial charge in [-0.1, -0.05) is 5.16 Å². The second kappa shape index (κ2) is 8.36. The average molecular weight is 515 g/mol.